The summed E-state index contributed by atoms with van der Waals surface area (Å²) in [6.07, 6.45) is 0. The zero-order chi connectivity index (χ0) is 22.8. The predicted octanol–water partition coefficient (Wildman–Crippen LogP) is 6.09. The van der Waals surface area contributed by atoms with E-state index in [4.69, 9.17) is 32.6 Å². The molecule has 0 spiro atoms. The Balaban J connectivity index is 1.46. The summed E-state index contributed by atoms with van der Waals surface area (Å²) in [7, 11) is 0. The molecule has 5 aromatic rings. The first-order chi connectivity index (χ1) is 16.1. The number of benzene rings is 3. The van der Waals surface area contributed by atoms with Crippen LogP contribution in [-0.2, 0) is 12.3 Å². The van der Waals surface area contributed by atoms with Gasteiger partial charge in [-0.1, -0.05) is 77.4 Å². The van der Waals surface area contributed by atoms with Crippen molar-refractivity contribution in [3.63, 3.8) is 0 Å². The summed E-state index contributed by atoms with van der Waals surface area (Å²) in [5.74, 6) is 1.05. The monoisotopic (exact) mass is 494 g/mol. The van der Waals surface area contributed by atoms with Gasteiger partial charge in [-0.05, 0) is 35.9 Å². The van der Waals surface area contributed by atoms with Gasteiger partial charge in [-0.15, -0.1) is 10.2 Å². The second-order valence-corrected chi connectivity index (χ2v) is 8.99. The minimum absolute atomic E-state index is 0.0916. The van der Waals surface area contributed by atoms with E-state index >= 15 is 0 Å². The van der Waals surface area contributed by atoms with Crippen LogP contribution < -0.4 is 5.56 Å². The average Bonchev–Trinajstić information content (AvgIpc) is 3.29. The Labute approximate surface area is 203 Å². The quantitative estimate of drug-likeness (QED) is 0.210. The molecular weight excluding hydrogens is 479 g/mol. The van der Waals surface area contributed by atoms with Gasteiger partial charge < -0.3 is 4.42 Å². The molecule has 0 N–H and O–H groups in total. The molecule has 6 nitrogen and oxygen atoms in total. The van der Waals surface area contributed by atoms with Gasteiger partial charge in [-0.2, -0.15) is 0 Å². The van der Waals surface area contributed by atoms with Gasteiger partial charge in [0.1, 0.15) is 0 Å². The number of nitrogens with zero attached hydrogens (tertiary/aromatic N) is 4. The lowest BCUT2D eigenvalue weighted by Crippen LogP contribution is -2.24. The minimum Gasteiger partial charge on any atom is -0.420 e. The fourth-order valence-electron chi connectivity index (χ4n) is 3.37. The van der Waals surface area contributed by atoms with E-state index in [1.807, 2.05) is 48.5 Å². The lowest BCUT2D eigenvalue weighted by Gasteiger charge is -2.12. The maximum atomic E-state index is 13.3. The van der Waals surface area contributed by atoms with E-state index in [-0.39, 0.29) is 5.56 Å². The second kappa shape index (κ2) is 9.39. The Kier molecular flexibility index (Phi) is 6.17. The first-order valence-electron chi connectivity index (χ1n) is 10.0. The van der Waals surface area contributed by atoms with Crippen molar-refractivity contribution in [1.29, 1.82) is 0 Å². The molecule has 0 aliphatic carbocycles. The number of halogens is 2. The van der Waals surface area contributed by atoms with Crippen molar-refractivity contribution in [3.8, 4) is 11.5 Å². The van der Waals surface area contributed by atoms with E-state index in [0.717, 1.165) is 5.56 Å². The van der Waals surface area contributed by atoms with Gasteiger partial charge in [-0.3, -0.25) is 9.36 Å². The SMILES string of the molecule is O=c1c2ccccc2nc(SCc2nnc(-c3ccc(Cl)cc3Cl)o2)n1Cc1ccccc1. The van der Waals surface area contributed by atoms with Crippen LogP contribution in [0.25, 0.3) is 22.4 Å². The standard InChI is InChI=1S/C24H16Cl2N4O2S/c25-16-10-11-17(19(26)12-16)22-29-28-21(32-22)14-33-24-27-20-9-5-4-8-18(20)23(31)30(24)13-15-6-2-1-3-7-15/h1-12H,13-14H2. The molecule has 0 saturated heterocycles. The van der Waals surface area contributed by atoms with Gasteiger partial charge in [0.2, 0.25) is 11.8 Å². The van der Waals surface area contributed by atoms with E-state index in [0.29, 0.717) is 55.7 Å². The van der Waals surface area contributed by atoms with Crippen LogP contribution in [0.3, 0.4) is 0 Å². The molecule has 0 saturated carbocycles. The third-order valence-corrected chi connectivity index (χ3v) is 6.47. The second-order valence-electron chi connectivity index (χ2n) is 7.20. The molecule has 0 radical (unpaired) electrons. The third-order valence-electron chi connectivity index (χ3n) is 4.96. The van der Waals surface area contributed by atoms with Gasteiger partial charge in [0.25, 0.3) is 5.56 Å². The van der Waals surface area contributed by atoms with Gasteiger partial charge in [0.15, 0.2) is 5.16 Å². The van der Waals surface area contributed by atoms with E-state index in [1.54, 1.807) is 28.8 Å². The van der Waals surface area contributed by atoms with Crippen molar-refractivity contribution >= 4 is 45.9 Å². The van der Waals surface area contributed by atoms with Crippen molar-refractivity contribution in [3.05, 3.63) is 105 Å². The molecule has 0 atom stereocenters. The van der Waals surface area contributed by atoms with Gasteiger partial charge in [0.05, 0.1) is 33.8 Å². The molecule has 9 heteroatoms. The molecule has 0 fully saturated rings. The van der Waals surface area contributed by atoms with Crippen molar-refractivity contribution in [2.75, 3.05) is 0 Å². The Bertz CT molecular complexity index is 1500. The highest BCUT2D eigenvalue weighted by Gasteiger charge is 2.16. The van der Waals surface area contributed by atoms with Gasteiger partial charge in [0, 0.05) is 5.02 Å². The Morgan fingerprint density at radius 2 is 1.73 bits per heavy atom. The number of fused-ring (bicyclic) bond motifs is 1. The number of thioether (sulfide) groups is 1. The lowest BCUT2D eigenvalue weighted by molar-refractivity contribution is 0.528. The molecule has 0 aliphatic heterocycles. The highest BCUT2D eigenvalue weighted by atomic mass is 35.5. The number of hydrogen-bond donors (Lipinski definition) is 0. The number of hydrogen-bond acceptors (Lipinski definition) is 6. The molecule has 3 aromatic carbocycles. The average molecular weight is 495 g/mol. The van der Waals surface area contributed by atoms with Crippen LogP contribution >= 0.6 is 35.0 Å². The smallest absolute Gasteiger partial charge is 0.262 e. The molecule has 0 bridgehead atoms. The summed E-state index contributed by atoms with van der Waals surface area (Å²) >= 11 is 13.6. The normalized spacial score (nSPS) is 11.2. The zero-order valence-corrected chi connectivity index (χ0v) is 19.4. The molecule has 33 heavy (non-hydrogen) atoms. The summed E-state index contributed by atoms with van der Waals surface area (Å²) in [6, 6.07) is 22.2. The van der Waals surface area contributed by atoms with Gasteiger partial charge in [-0.25, -0.2) is 4.98 Å². The van der Waals surface area contributed by atoms with E-state index in [2.05, 4.69) is 10.2 Å². The fraction of sp³-hybridized carbons (Fsp3) is 0.0833. The summed E-state index contributed by atoms with van der Waals surface area (Å²) in [4.78, 5) is 18.0. The molecule has 0 aliphatic rings. The molecule has 0 unspecified atom stereocenters. The first-order valence-corrected chi connectivity index (χ1v) is 11.8. The largest absolute Gasteiger partial charge is 0.420 e. The highest BCUT2D eigenvalue weighted by Crippen LogP contribution is 2.30. The summed E-state index contributed by atoms with van der Waals surface area (Å²) in [5.41, 5.74) is 2.17. The van der Waals surface area contributed by atoms with Crippen molar-refractivity contribution in [1.82, 2.24) is 19.7 Å². The Morgan fingerprint density at radius 1 is 0.939 bits per heavy atom. The molecule has 5 rings (SSSR count). The zero-order valence-electron chi connectivity index (χ0n) is 17.1. The third kappa shape index (κ3) is 4.66. The van der Waals surface area contributed by atoms with Gasteiger partial charge >= 0.3 is 0 Å². The van der Waals surface area contributed by atoms with Crippen molar-refractivity contribution in [2.24, 2.45) is 0 Å². The Hall–Kier alpha value is -3.13. The molecule has 2 aromatic heterocycles. The lowest BCUT2D eigenvalue weighted by atomic mass is 10.2. The van der Waals surface area contributed by atoms with Crippen LogP contribution in [-0.4, -0.2) is 19.7 Å². The molecule has 0 amide bonds. The van der Waals surface area contributed by atoms with Crippen LogP contribution in [0.1, 0.15) is 11.5 Å². The number of para-hydroxylation sites is 1. The highest BCUT2D eigenvalue weighted by molar-refractivity contribution is 7.98. The molecule has 2 heterocycles. The summed E-state index contributed by atoms with van der Waals surface area (Å²) in [5, 5.41) is 10.3. The number of aromatic nitrogens is 4. The van der Waals surface area contributed by atoms with E-state index in [1.165, 1.54) is 11.8 Å². The van der Waals surface area contributed by atoms with Crippen LogP contribution in [0.15, 0.2) is 87.2 Å². The molecular formula is C24H16Cl2N4O2S. The topological polar surface area (TPSA) is 73.8 Å². The van der Waals surface area contributed by atoms with Crippen LogP contribution in [0.5, 0.6) is 0 Å². The summed E-state index contributed by atoms with van der Waals surface area (Å²) < 4.78 is 7.48. The Morgan fingerprint density at radius 3 is 2.55 bits per heavy atom. The number of rotatable bonds is 6. The summed E-state index contributed by atoms with van der Waals surface area (Å²) in [6.45, 7) is 0.412. The predicted molar refractivity (Wildman–Crippen MR) is 131 cm³/mol. The molecule has 164 valence electrons. The van der Waals surface area contributed by atoms with Crippen LogP contribution in [0.2, 0.25) is 10.0 Å². The van der Waals surface area contributed by atoms with Crippen LogP contribution in [0, 0.1) is 0 Å². The fourth-order valence-corrected chi connectivity index (χ4v) is 4.70. The maximum absolute atomic E-state index is 13.3. The first kappa shape index (κ1) is 21.7. The minimum atomic E-state index is -0.0916. The van der Waals surface area contributed by atoms with Crippen LogP contribution in [0.4, 0.5) is 0 Å². The van der Waals surface area contributed by atoms with Crippen molar-refractivity contribution < 1.29 is 4.42 Å². The van der Waals surface area contributed by atoms with E-state index in [9.17, 15) is 4.79 Å². The van der Waals surface area contributed by atoms with Crippen molar-refractivity contribution in [2.45, 2.75) is 17.5 Å². The van der Waals surface area contributed by atoms with E-state index < -0.39 is 0 Å². The maximum Gasteiger partial charge on any atom is 0.262 e.